The number of aromatic nitrogens is 2. The largest absolute Gasteiger partial charge is 0.447 e. The number of carbonyl (C=O) groups is 2. The third kappa shape index (κ3) is 6.28. The molecule has 11 heteroatoms. The summed E-state index contributed by atoms with van der Waals surface area (Å²) in [5.74, 6) is 0.436. The number of hydrogen-bond acceptors (Lipinski definition) is 9. The van der Waals surface area contributed by atoms with Gasteiger partial charge in [-0.05, 0) is 38.0 Å². The second kappa shape index (κ2) is 12.7. The molecule has 2 aliphatic heterocycles. The Morgan fingerprint density at radius 3 is 2.69 bits per heavy atom. The number of fused-ring (bicyclic) bond motifs is 2. The van der Waals surface area contributed by atoms with E-state index in [0.717, 1.165) is 42.3 Å². The number of ether oxygens (including phenoxy) is 1. The van der Waals surface area contributed by atoms with Crippen molar-refractivity contribution in [2.75, 3.05) is 63.2 Å². The van der Waals surface area contributed by atoms with Gasteiger partial charge in [-0.15, -0.1) is 0 Å². The second-order valence-electron chi connectivity index (χ2n) is 12.3. The number of nitrogens with one attached hydrogen (secondary N) is 1. The summed E-state index contributed by atoms with van der Waals surface area (Å²) in [5.41, 5.74) is 2.07. The number of hydrogen-bond donors (Lipinski definition) is 1. The molecule has 2 aromatic carbocycles. The van der Waals surface area contributed by atoms with Crippen molar-refractivity contribution in [3.63, 3.8) is 0 Å². The molecule has 45 heavy (non-hydrogen) atoms. The second-order valence-corrected chi connectivity index (χ2v) is 12.3. The molecule has 0 radical (unpaired) electrons. The summed E-state index contributed by atoms with van der Waals surface area (Å²) >= 11 is 0. The molecule has 3 heterocycles. The fourth-order valence-corrected chi connectivity index (χ4v) is 6.34. The number of piperazine rings is 1. The van der Waals surface area contributed by atoms with Crippen LogP contribution in [0.4, 0.5) is 11.5 Å². The smallest absolute Gasteiger partial charge is 0.319 e. The minimum atomic E-state index is -0.972. The summed E-state index contributed by atoms with van der Waals surface area (Å²) in [6.45, 7) is 7.71. The van der Waals surface area contributed by atoms with Crippen LogP contribution in [-0.4, -0.2) is 96.6 Å². The van der Waals surface area contributed by atoms with Gasteiger partial charge in [-0.2, -0.15) is 15.2 Å². The van der Waals surface area contributed by atoms with Crippen LogP contribution in [0.1, 0.15) is 30.5 Å². The van der Waals surface area contributed by atoms with E-state index in [1.807, 2.05) is 25.1 Å². The summed E-state index contributed by atoms with van der Waals surface area (Å²) in [5, 5.41) is 14.9. The fourth-order valence-electron chi connectivity index (χ4n) is 6.34. The minimum Gasteiger partial charge on any atom is -0.447 e. The van der Waals surface area contributed by atoms with Crippen molar-refractivity contribution in [2.45, 2.75) is 43.9 Å². The van der Waals surface area contributed by atoms with Crippen molar-refractivity contribution in [3.8, 4) is 12.1 Å². The first-order valence-corrected chi connectivity index (χ1v) is 15.6. The van der Waals surface area contributed by atoms with Crippen LogP contribution in [0.3, 0.4) is 0 Å². The predicted molar refractivity (Wildman–Crippen MR) is 173 cm³/mol. The van der Waals surface area contributed by atoms with Crippen molar-refractivity contribution in [1.29, 1.82) is 5.26 Å². The van der Waals surface area contributed by atoms with Gasteiger partial charge in [0.1, 0.15) is 5.82 Å². The number of benzene rings is 2. The van der Waals surface area contributed by atoms with Crippen LogP contribution in [-0.2, 0) is 22.6 Å². The van der Waals surface area contributed by atoms with Crippen molar-refractivity contribution in [3.05, 3.63) is 66.4 Å². The maximum Gasteiger partial charge on any atom is 0.319 e. The van der Waals surface area contributed by atoms with Crippen LogP contribution in [0.25, 0.3) is 10.8 Å². The van der Waals surface area contributed by atoms with Gasteiger partial charge in [0.15, 0.2) is 5.60 Å². The molecule has 1 aliphatic carbocycles. The van der Waals surface area contributed by atoms with Gasteiger partial charge in [0.2, 0.25) is 5.91 Å². The highest BCUT2D eigenvalue weighted by atomic mass is 16.5. The number of amides is 2. The molecule has 2 amide bonds. The first-order chi connectivity index (χ1) is 21.8. The third-order valence-electron chi connectivity index (χ3n) is 8.95. The van der Waals surface area contributed by atoms with E-state index in [4.69, 9.17) is 14.7 Å². The first-order valence-electron chi connectivity index (χ1n) is 15.6. The van der Waals surface area contributed by atoms with Crippen molar-refractivity contribution >= 4 is 34.1 Å². The van der Waals surface area contributed by atoms with Crippen LogP contribution in [0.2, 0.25) is 0 Å². The zero-order chi connectivity index (χ0) is 31.6. The van der Waals surface area contributed by atoms with Crippen LogP contribution < -0.4 is 19.9 Å². The van der Waals surface area contributed by atoms with Crippen LogP contribution in [0.5, 0.6) is 6.01 Å². The SMILES string of the molecule is C=CC(=O)N1CCN(c2nc(OC3(C(=O)NCCN(C)C)CC3)nc3c2CCN(c2cccc4ccccc24)C3)C[C@@H]1CC#N. The molecule has 1 N–H and O–H groups in total. The van der Waals surface area contributed by atoms with Gasteiger partial charge in [0.25, 0.3) is 5.91 Å². The molecule has 6 rings (SSSR count). The minimum absolute atomic E-state index is 0.143. The van der Waals surface area contributed by atoms with Crippen LogP contribution >= 0.6 is 0 Å². The van der Waals surface area contributed by atoms with Gasteiger partial charge >= 0.3 is 6.01 Å². The Morgan fingerprint density at radius 1 is 1.13 bits per heavy atom. The molecule has 1 saturated carbocycles. The molecule has 3 aromatic rings. The van der Waals surface area contributed by atoms with E-state index in [2.05, 4.69) is 64.2 Å². The van der Waals surface area contributed by atoms with Gasteiger partial charge in [0.05, 0.1) is 30.8 Å². The average Bonchev–Trinajstić information content (AvgIpc) is 3.84. The van der Waals surface area contributed by atoms with Crippen molar-refractivity contribution in [2.24, 2.45) is 0 Å². The number of likely N-dealkylation sites (N-methyl/N-ethyl adjacent to an activating group) is 1. The molecular weight excluding hydrogens is 568 g/mol. The lowest BCUT2D eigenvalue weighted by atomic mass is 10.0. The molecule has 2 fully saturated rings. The van der Waals surface area contributed by atoms with Crippen molar-refractivity contribution < 1.29 is 14.3 Å². The summed E-state index contributed by atoms with van der Waals surface area (Å²) in [7, 11) is 3.93. The number of nitriles is 1. The van der Waals surface area contributed by atoms with E-state index < -0.39 is 5.60 Å². The van der Waals surface area contributed by atoms with E-state index in [9.17, 15) is 14.9 Å². The van der Waals surface area contributed by atoms with E-state index >= 15 is 0 Å². The first kappa shape index (κ1) is 30.3. The van der Waals surface area contributed by atoms with E-state index in [-0.39, 0.29) is 30.3 Å². The van der Waals surface area contributed by atoms with Gasteiger partial charge < -0.3 is 29.7 Å². The van der Waals surface area contributed by atoms with E-state index in [1.54, 1.807) is 4.90 Å². The van der Waals surface area contributed by atoms with Gasteiger partial charge in [0, 0.05) is 68.7 Å². The summed E-state index contributed by atoms with van der Waals surface area (Å²) in [6, 6.07) is 16.9. The summed E-state index contributed by atoms with van der Waals surface area (Å²) in [4.78, 5) is 43.9. The summed E-state index contributed by atoms with van der Waals surface area (Å²) in [6.07, 6.45) is 3.44. The molecule has 1 aromatic heterocycles. The standard InChI is InChI=1S/C34H40N8O3/c1-4-30(43)42-21-20-41(22-25(42)12-16-35)31-27-13-18-40(29-11-7-9-24-8-5-6-10-26(24)29)23-28(27)37-33(38-31)45-34(14-15-34)32(44)36-17-19-39(2)3/h4-11,25H,1,12-15,17-23H2,2-3H3,(H,36,44)/t25-/m0/s1. The number of carbonyl (C=O) groups excluding carboxylic acids is 2. The summed E-state index contributed by atoms with van der Waals surface area (Å²) < 4.78 is 6.37. The predicted octanol–water partition coefficient (Wildman–Crippen LogP) is 2.90. The Bertz CT molecular complexity index is 1640. The number of rotatable bonds is 10. The third-order valence-corrected chi connectivity index (χ3v) is 8.95. The van der Waals surface area contributed by atoms with Crippen molar-refractivity contribution in [1.82, 2.24) is 25.1 Å². The molecule has 0 spiro atoms. The quantitative estimate of drug-likeness (QED) is 0.347. The van der Waals surface area contributed by atoms with Gasteiger partial charge in [-0.3, -0.25) is 9.59 Å². The Labute approximate surface area is 264 Å². The highest BCUT2D eigenvalue weighted by Gasteiger charge is 2.53. The molecular formula is C34H40N8O3. The highest BCUT2D eigenvalue weighted by Crippen LogP contribution is 2.41. The molecule has 1 saturated heterocycles. The van der Waals surface area contributed by atoms with Gasteiger partial charge in [-0.25, -0.2) is 0 Å². The molecule has 0 unspecified atom stereocenters. The van der Waals surface area contributed by atoms with Crippen LogP contribution in [0.15, 0.2) is 55.1 Å². The lowest BCUT2D eigenvalue weighted by molar-refractivity contribution is -0.130. The Balaban J connectivity index is 1.33. The van der Waals surface area contributed by atoms with E-state index in [1.165, 1.54) is 16.8 Å². The molecule has 3 aliphatic rings. The van der Waals surface area contributed by atoms with E-state index in [0.29, 0.717) is 45.6 Å². The average molecular weight is 609 g/mol. The Kier molecular flexibility index (Phi) is 8.59. The number of nitrogens with zero attached hydrogens (tertiary/aromatic N) is 7. The lowest BCUT2D eigenvalue weighted by Gasteiger charge is -2.42. The maximum atomic E-state index is 13.2. The molecule has 0 bridgehead atoms. The lowest BCUT2D eigenvalue weighted by Crippen LogP contribution is -2.55. The molecule has 11 nitrogen and oxygen atoms in total. The zero-order valence-corrected chi connectivity index (χ0v) is 26.0. The van der Waals surface area contributed by atoms with Crippen LogP contribution in [0, 0.1) is 11.3 Å². The molecule has 1 atom stereocenters. The van der Waals surface area contributed by atoms with Gasteiger partial charge in [-0.1, -0.05) is 43.0 Å². The highest BCUT2D eigenvalue weighted by molar-refractivity contribution is 5.94. The molecule has 234 valence electrons. The fraction of sp³-hybridized carbons (Fsp3) is 0.441. The Hall–Kier alpha value is -4.69. The normalized spacial score (nSPS) is 18.7. The Morgan fingerprint density at radius 2 is 1.93 bits per heavy atom. The number of anilines is 2. The monoisotopic (exact) mass is 608 g/mol. The zero-order valence-electron chi connectivity index (χ0n) is 26.0. The maximum absolute atomic E-state index is 13.2. The topological polar surface area (TPSA) is 118 Å².